The molecule has 0 aliphatic carbocycles. The molecule has 26 heavy (non-hydrogen) atoms. The molecular weight excluding hydrogens is 324 g/mol. The molecule has 2 heterocycles. The molecular formula is C22H24N2O2. The molecule has 1 saturated heterocycles. The Hall–Kier alpha value is -2.75. The van der Waals surface area contributed by atoms with Crippen LogP contribution in [-0.2, 0) is 0 Å². The number of amides is 1. The molecule has 0 saturated carbocycles. The molecule has 3 aromatic rings. The first-order valence-corrected chi connectivity index (χ1v) is 9.14. The van der Waals surface area contributed by atoms with Gasteiger partial charge in [-0.25, -0.2) is 0 Å². The first kappa shape index (κ1) is 16.7. The number of piperazine rings is 1. The van der Waals surface area contributed by atoms with Crippen LogP contribution in [0, 0.1) is 13.8 Å². The predicted octanol–water partition coefficient (Wildman–Crippen LogP) is 4.40. The summed E-state index contributed by atoms with van der Waals surface area (Å²) in [6.45, 7) is 8.52. The molecule has 1 aromatic heterocycles. The Balaban J connectivity index is 1.55. The Kier molecular flexibility index (Phi) is 4.19. The van der Waals surface area contributed by atoms with Crippen LogP contribution in [0.1, 0.15) is 28.6 Å². The van der Waals surface area contributed by atoms with Crippen molar-refractivity contribution < 1.29 is 9.21 Å². The molecule has 134 valence electrons. The highest BCUT2D eigenvalue weighted by molar-refractivity contribution is 6.05. The maximum absolute atomic E-state index is 13.2. The van der Waals surface area contributed by atoms with E-state index in [1.54, 1.807) is 0 Å². The van der Waals surface area contributed by atoms with Gasteiger partial charge in [0.2, 0.25) is 0 Å². The van der Waals surface area contributed by atoms with Crippen LogP contribution >= 0.6 is 0 Å². The summed E-state index contributed by atoms with van der Waals surface area (Å²) in [5, 5.41) is 0.985. The van der Waals surface area contributed by atoms with Gasteiger partial charge in [0.15, 0.2) is 0 Å². The SMILES string of the molecule is Cc1ccc(N2CCN(C(=O)c3cccc4cc(C)oc34)C(C)C2)cc1. The minimum absolute atomic E-state index is 0.0565. The molecule has 2 aromatic carbocycles. The first-order chi connectivity index (χ1) is 12.5. The second-order valence-electron chi connectivity index (χ2n) is 7.21. The topological polar surface area (TPSA) is 36.7 Å². The lowest BCUT2D eigenvalue weighted by molar-refractivity contribution is 0.0675. The lowest BCUT2D eigenvalue weighted by atomic mass is 10.1. The Morgan fingerprint density at radius 3 is 2.58 bits per heavy atom. The van der Waals surface area contributed by atoms with Crippen molar-refractivity contribution in [1.82, 2.24) is 4.90 Å². The number of nitrogens with zero attached hydrogens (tertiary/aromatic N) is 2. The molecule has 1 aliphatic rings. The fourth-order valence-electron chi connectivity index (χ4n) is 3.76. The van der Waals surface area contributed by atoms with Gasteiger partial charge < -0.3 is 14.2 Å². The third-order valence-electron chi connectivity index (χ3n) is 5.19. The number of furan rings is 1. The lowest BCUT2D eigenvalue weighted by Gasteiger charge is -2.41. The van der Waals surface area contributed by atoms with Crippen LogP contribution < -0.4 is 4.90 Å². The van der Waals surface area contributed by atoms with Crippen molar-refractivity contribution >= 4 is 22.6 Å². The van der Waals surface area contributed by atoms with Crippen LogP contribution in [0.4, 0.5) is 5.69 Å². The molecule has 1 unspecified atom stereocenters. The number of fused-ring (bicyclic) bond motifs is 1. The largest absolute Gasteiger partial charge is 0.461 e. The second-order valence-corrected chi connectivity index (χ2v) is 7.21. The zero-order chi connectivity index (χ0) is 18.3. The van der Waals surface area contributed by atoms with Gasteiger partial charge in [-0.1, -0.05) is 29.8 Å². The van der Waals surface area contributed by atoms with E-state index in [0.29, 0.717) is 17.7 Å². The number of benzene rings is 2. The summed E-state index contributed by atoms with van der Waals surface area (Å²) in [7, 11) is 0. The van der Waals surface area contributed by atoms with Gasteiger partial charge in [0.25, 0.3) is 5.91 Å². The van der Waals surface area contributed by atoms with Crippen LogP contribution in [0.15, 0.2) is 52.9 Å². The number of para-hydroxylation sites is 1. The van der Waals surface area contributed by atoms with E-state index in [1.807, 2.05) is 36.1 Å². The van der Waals surface area contributed by atoms with Gasteiger partial charge in [-0.3, -0.25) is 4.79 Å². The number of hydrogen-bond acceptors (Lipinski definition) is 3. The van der Waals surface area contributed by atoms with Crippen molar-refractivity contribution in [3.63, 3.8) is 0 Å². The third-order valence-corrected chi connectivity index (χ3v) is 5.19. The van der Waals surface area contributed by atoms with Crippen molar-refractivity contribution in [1.29, 1.82) is 0 Å². The van der Waals surface area contributed by atoms with Crippen LogP contribution in [-0.4, -0.2) is 36.5 Å². The van der Waals surface area contributed by atoms with Crippen LogP contribution in [0.5, 0.6) is 0 Å². The minimum atomic E-state index is 0.0565. The quantitative estimate of drug-likeness (QED) is 0.689. The van der Waals surface area contributed by atoms with E-state index in [1.165, 1.54) is 11.3 Å². The highest BCUT2D eigenvalue weighted by Gasteiger charge is 2.29. The Bertz CT molecular complexity index is 942. The lowest BCUT2D eigenvalue weighted by Crippen LogP contribution is -2.54. The summed E-state index contributed by atoms with van der Waals surface area (Å²) >= 11 is 0. The van der Waals surface area contributed by atoms with Crippen LogP contribution in [0.25, 0.3) is 11.0 Å². The predicted molar refractivity (Wildman–Crippen MR) is 105 cm³/mol. The summed E-state index contributed by atoms with van der Waals surface area (Å²) in [6, 6.07) is 16.5. The molecule has 1 fully saturated rings. The molecule has 0 radical (unpaired) electrons. The number of anilines is 1. The average Bonchev–Trinajstić information content (AvgIpc) is 3.02. The molecule has 1 atom stereocenters. The van der Waals surface area contributed by atoms with E-state index in [2.05, 4.69) is 43.0 Å². The Labute approximate surface area is 154 Å². The van der Waals surface area contributed by atoms with Crippen molar-refractivity contribution in [2.75, 3.05) is 24.5 Å². The van der Waals surface area contributed by atoms with Crippen LogP contribution in [0.2, 0.25) is 0 Å². The van der Waals surface area contributed by atoms with E-state index >= 15 is 0 Å². The first-order valence-electron chi connectivity index (χ1n) is 9.14. The molecule has 1 aliphatic heterocycles. The van der Waals surface area contributed by atoms with Gasteiger partial charge >= 0.3 is 0 Å². The number of rotatable bonds is 2. The summed E-state index contributed by atoms with van der Waals surface area (Å²) in [4.78, 5) is 17.5. The van der Waals surface area contributed by atoms with E-state index in [-0.39, 0.29) is 11.9 Å². The molecule has 4 nitrogen and oxygen atoms in total. The van der Waals surface area contributed by atoms with Crippen molar-refractivity contribution in [2.24, 2.45) is 0 Å². The van der Waals surface area contributed by atoms with Crippen molar-refractivity contribution in [3.05, 3.63) is 65.4 Å². The van der Waals surface area contributed by atoms with E-state index in [4.69, 9.17) is 4.42 Å². The zero-order valence-electron chi connectivity index (χ0n) is 15.5. The highest BCUT2D eigenvalue weighted by atomic mass is 16.3. The van der Waals surface area contributed by atoms with Gasteiger partial charge in [-0.05, 0) is 45.0 Å². The Morgan fingerprint density at radius 1 is 1.08 bits per heavy atom. The number of hydrogen-bond donors (Lipinski definition) is 0. The summed E-state index contributed by atoms with van der Waals surface area (Å²) < 4.78 is 5.79. The third kappa shape index (κ3) is 2.96. The van der Waals surface area contributed by atoms with Crippen molar-refractivity contribution in [3.8, 4) is 0 Å². The Morgan fingerprint density at radius 2 is 1.85 bits per heavy atom. The number of carbonyl (C=O) groups is 1. The van der Waals surface area contributed by atoms with Gasteiger partial charge in [0.05, 0.1) is 5.56 Å². The maximum atomic E-state index is 13.2. The molecule has 4 heteroatoms. The van der Waals surface area contributed by atoms with E-state index in [9.17, 15) is 4.79 Å². The summed E-state index contributed by atoms with van der Waals surface area (Å²) in [6.07, 6.45) is 0. The van der Waals surface area contributed by atoms with Gasteiger partial charge in [-0.2, -0.15) is 0 Å². The second kappa shape index (κ2) is 6.52. The zero-order valence-corrected chi connectivity index (χ0v) is 15.5. The van der Waals surface area contributed by atoms with Gasteiger partial charge in [0.1, 0.15) is 11.3 Å². The fraction of sp³-hybridized carbons (Fsp3) is 0.318. The normalized spacial score (nSPS) is 17.7. The average molecular weight is 348 g/mol. The van der Waals surface area contributed by atoms with E-state index in [0.717, 1.165) is 24.2 Å². The monoisotopic (exact) mass is 348 g/mol. The van der Waals surface area contributed by atoms with Crippen molar-refractivity contribution in [2.45, 2.75) is 26.8 Å². The smallest absolute Gasteiger partial charge is 0.258 e. The molecule has 1 amide bonds. The summed E-state index contributed by atoms with van der Waals surface area (Å²) in [5.74, 6) is 0.887. The highest BCUT2D eigenvalue weighted by Crippen LogP contribution is 2.26. The van der Waals surface area contributed by atoms with E-state index < -0.39 is 0 Å². The number of aryl methyl sites for hydroxylation is 2. The minimum Gasteiger partial charge on any atom is -0.461 e. The van der Waals surface area contributed by atoms with Crippen LogP contribution in [0.3, 0.4) is 0 Å². The molecule has 4 rings (SSSR count). The molecule has 0 bridgehead atoms. The van der Waals surface area contributed by atoms with Gasteiger partial charge in [0, 0.05) is 36.7 Å². The number of carbonyl (C=O) groups excluding carboxylic acids is 1. The fourth-order valence-corrected chi connectivity index (χ4v) is 3.76. The standard InChI is InChI=1S/C22H24N2O2/c1-15-7-9-19(10-8-15)23-11-12-24(16(2)14-23)22(25)20-6-4-5-18-13-17(3)26-21(18)20/h4-10,13,16H,11-12,14H2,1-3H3. The maximum Gasteiger partial charge on any atom is 0.258 e. The summed E-state index contributed by atoms with van der Waals surface area (Å²) in [5.41, 5.74) is 3.84. The molecule has 0 spiro atoms. The molecule has 0 N–H and O–H groups in total. The van der Waals surface area contributed by atoms with Gasteiger partial charge in [-0.15, -0.1) is 0 Å².